The molecule has 11 aromatic rings. The Kier molecular flexibility index (Phi) is 5.42. The van der Waals surface area contributed by atoms with Crippen molar-refractivity contribution in [1.82, 2.24) is 9.13 Å². The lowest BCUT2D eigenvalue weighted by Crippen LogP contribution is -2.57. The number of hydrogen-bond acceptors (Lipinski definition) is 0. The van der Waals surface area contributed by atoms with Crippen molar-refractivity contribution < 1.29 is 0 Å². The fourth-order valence-electron chi connectivity index (χ4n) is 10.6. The van der Waals surface area contributed by atoms with Gasteiger partial charge in [-0.3, -0.25) is 0 Å². The van der Waals surface area contributed by atoms with E-state index in [1.807, 2.05) is 0 Å². The Labute approximate surface area is 312 Å². The van der Waals surface area contributed by atoms with Crippen molar-refractivity contribution in [2.24, 2.45) is 0 Å². The molecule has 9 aromatic carbocycles. The summed E-state index contributed by atoms with van der Waals surface area (Å²) in [5.74, 6) is 0. The summed E-state index contributed by atoms with van der Waals surface area (Å²) in [6.45, 7) is 2.33. The molecule has 248 valence electrons. The van der Waals surface area contributed by atoms with Crippen molar-refractivity contribution in [3.05, 3.63) is 175 Å². The number of rotatable bonds is 2. The van der Waals surface area contributed by atoms with Gasteiger partial charge in [0, 0.05) is 32.9 Å². The molecule has 0 radical (unpaired) electrons. The van der Waals surface area contributed by atoms with Crippen LogP contribution in [0.15, 0.2) is 170 Å². The van der Waals surface area contributed by atoms with Crippen LogP contribution in [0.5, 0.6) is 0 Å². The zero-order chi connectivity index (χ0) is 35.2. The molecule has 2 aliphatic heterocycles. The van der Waals surface area contributed by atoms with Crippen LogP contribution in [0.3, 0.4) is 0 Å². The molecule has 0 saturated heterocycles. The summed E-state index contributed by atoms with van der Waals surface area (Å²) in [4.78, 5) is 0. The summed E-state index contributed by atoms with van der Waals surface area (Å²) in [7, 11) is 0. The summed E-state index contributed by atoms with van der Waals surface area (Å²) < 4.78 is 4.98. The fraction of sp³-hybridized carbons (Fsp3) is 0.0196. The lowest BCUT2D eigenvalue weighted by Gasteiger charge is -2.35. The maximum Gasteiger partial charge on any atom is 0.244 e. The lowest BCUT2D eigenvalue weighted by atomic mass is 9.31. The highest BCUT2D eigenvalue weighted by Gasteiger charge is 2.40. The molecule has 13 rings (SSSR count). The van der Waals surface area contributed by atoms with Crippen LogP contribution in [0.2, 0.25) is 0 Å². The zero-order valence-electron chi connectivity index (χ0n) is 29.6. The maximum absolute atomic E-state index is 2.56. The van der Waals surface area contributed by atoms with Crippen molar-refractivity contribution in [3.8, 4) is 33.6 Å². The average molecular weight is 683 g/mol. The van der Waals surface area contributed by atoms with Crippen molar-refractivity contribution in [3.63, 3.8) is 0 Å². The van der Waals surface area contributed by atoms with E-state index in [2.05, 4.69) is 186 Å². The zero-order valence-corrected chi connectivity index (χ0v) is 29.6. The first-order valence-electron chi connectivity index (χ1n) is 19.0. The number of hydrogen-bond donors (Lipinski definition) is 0. The van der Waals surface area contributed by atoms with Crippen LogP contribution in [0.4, 0.5) is 0 Å². The van der Waals surface area contributed by atoms with Gasteiger partial charge in [-0.05, 0) is 105 Å². The minimum Gasteiger partial charge on any atom is -0.309 e. The van der Waals surface area contributed by atoms with Crippen LogP contribution >= 0.6 is 0 Å². The van der Waals surface area contributed by atoms with Gasteiger partial charge in [-0.2, -0.15) is 0 Å². The third-order valence-electron chi connectivity index (χ3n) is 12.5. The molecule has 0 aliphatic carbocycles. The summed E-state index contributed by atoms with van der Waals surface area (Å²) in [6.07, 6.45) is 0. The van der Waals surface area contributed by atoms with Gasteiger partial charge >= 0.3 is 0 Å². The van der Waals surface area contributed by atoms with E-state index >= 15 is 0 Å². The quantitative estimate of drug-likeness (QED) is 0.161. The minimum atomic E-state index is 0.0590. The van der Waals surface area contributed by atoms with E-state index in [-0.39, 0.29) is 6.71 Å². The monoisotopic (exact) mass is 682 g/mol. The van der Waals surface area contributed by atoms with Crippen LogP contribution in [-0.2, 0) is 0 Å². The van der Waals surface area contributed by atoms with Gasteiger partial charge in [0.25, 0.3) is 0 Å². The van der Waals surface area contributed by atoms with Crippen LogP contribution in [0, 0.1) is 6.92 Å². The molecule has 0 spiro atoms. The molecule has 0 saturated carbocycles. The Morgan fingerprint density at radius 2 is 0.778 bits per heavy atom. The third-order valence-corrected chi connectivity index (χ3v) is 12.5. The van der Waals surface area contributed by atoms with Gasteiger partial charge in [0.1, 0.15) is 0 Å². The number of aryl methyl sites for hydroxylation is 1. The van der Waals surface area contributed by atoms with Gasteiger partial charge in [0.2, 0.25) is 6.71 Å². The topological polar surface area (TPSA) is 9.86 Å². The van der Waals surface area contributed by atoms with Crippen LogP contribution < -0.4 is 16.4 Å². The van der Waals surface area contributed by atoms with Crippen LogP contribution in [0.1, 0.15) is 5.56 Å². The van der Waals surface area contributed by atoms with E-state index < -0.39 is 0 Å². The van der Waals surface area contributed by atoms with Gasteiger partial charge in [0.05, 0.1) is 22.1 Å². The van der Waals surface area contributed by atoms with E-state index in [1.54, 1.807) is 0 Å². The van der Waals surface area contributed by atoms with E-state index in [4.69, 9.17) is 0 Å². The second-order valence-electron chi connectivity index (χ2n) is 15.3. The molecule has 3 heteroatoms. The molecule has 2 aliphatic rings. The van der Waals surface area contributed by atoms with E-state index in [0.717, 1.165) is 0 Å². The predicted molar refractivity (Wildman–Crippen MR) is 230 cm³/mol. The fourth-order valence-corrected chi connectivity index (χ4v) is 10.6. The van der Waals surface area contributed by atoms with Gasteiger partial charge in [-0.15, -0.1) is 0 Å². The van der Waals surface area contributed by atoms with Crippen molar-refractivity contribution in [2.45, 2.75) is 6.92 Å². The van der Waals surface area contributed by atoms with Crippen molar-refractivity contribution >= 4 is 88.3 Å². The Bertz CT molecular complexity index is 3220. The first-order chi connectivity index (χ1) is 26.7. The second-order valence-corrected chi connectivity index (χ2v) is 15.3. The number of benzene rings is 9. The van der Waals surface area contributed by atoms with Gasteiger partial charge in [-0.1, -0.05) is 138 Å². The molecule has 4 heterocycles. The number of para-hydroxylation sites is 4. The smallest absolute Gasteiger partial charge is 0.244 e. The number of aromatic nitrogens is 2. The standard InChI is InChI=1S/C51H31BN2/c1-30-26-39-33-20-12-22-37-47(33)41(28-45-49(37)35-18-8-10-24-43(35)53(45)31-14-4-2-5-15-31)52-42-29-46-50(38-23-13-21-34(48(38)42)40(27-30)51(39)52)36-19-9-11-25-44(36)54(46)32-16-6-3-7-17-32/h2-29H,1H3. The minimum absolute atomic E-state index is 0.0590. The highest BCUT2D eigenvalue weighted by atomic mass is 15.0. The molecule has 2 nitrogen and oxygen atoms in total. The molecule has 0 N–H and O–H groups in total. The Morgan fingerprint density at radius 3 is 1.26 bits per heavy atom. The molecule has 0 amide bonds. The molecular weight excluding hydrogens is 651 g/mol. The molecule has 0 unspecified atom stereocenters. The van der Waals surface area contributed by atoms with E-state index in [9.17, 15) is 0 Å². The molecule has 0 fully saturated rings. The Hall–Kier alpha value is -6.84. The highest BCUT2D eigenvalue weighted by molar-refractivity contribution is 7.01. The molecule has 54 heavy (non-hydrogen) atoms. The highest BCUT2D eigenvalue weighted by Crippen LogP contribution is 2.45. The van der Waals surface area contributed by atoms with E-state index in [0.29, 0.717) is 0 Å². The SMILES string of the molecule is Cc1cc2c3c(c1)-c1cccc4c1c(cc1c4c4ccccc4n1-c1ccccc1)B3c1cc3c(c4cccc-2c14)c1ccccc1n3-c1ccccc1. The van der Waals surface area contributed by atoms with Gasteiger partial charge in [-0.25, -0.2) is 0 Å². The largest absolute Gasteiger partial charge is 0.309 e. The van der Waals surface area contributed by atoms with Crippen molar-refractivity contribution in [2.75, 3.05) is 0 Å². The number of fused-ring (bicyclic) bond motifs is 12. The summed E-state index contributed by atoms with van der Waals surface area (Å²) in [6, 6.07) is 63.8. The first kappa shape index (κ1) is 28.7. The average Bonchev–Trinajstić information content (AvgIpc) is 3.74. The summed E-state index contributed by atoms with van der Waals surface area (Å²) in [5, 5.41) is 10.7. The second kappa shape index (κ2) is 10.2. The molecule has 2 aromatic heterocycles. The molecule has 0 atom stereocenters. The Balaban J connectivity index is 1.26. The lowest BCUT2D eigenvalue weighted by molar-refractivity contribution is 1.18. The first-order valence-corrected chi connectivity index (χ1v) is 19.0. The molecular formula is C51H31BN2. The van der Waals surface area contributed by atoms with Gasteiger partial charge in [0.15, 0.2) is 0 Å². The van der Waals surface area contributed by atoms with E-state index in [1.165, 1.54) is 121 Å². The van der Waals surface area contributed by atoms with Gasteiger partial charge < -0.3 is 9.13 Å². The summed E-state index contributed by atoms with van der Waals surface area (Å²) in [5.41, 5.74) is 18.3. The van der Waals surface area contributed by atoms with Crippen LogP contribution in [0.25, 0.3) is 98.8 Å². The van der Waals surface area contributed by atoms with Crippen molar-refractivity contribution in [1.29, 1.82) is 0 Å². The summed E-state index contributed by atoms with van der Waals surface area (Å²) >= 11 is 0. The molecule has 0 bridgehead atoms. The third kappa shape index (κ3) is 3.48. The number of nitrogens with zero attached hydrogens (tertiary/aromatic N) is 2. The Morgan fingerprint density at radius 1 is 0.352 bits per heavy atom. The predicted octanol–water partition coefficient (Wildman–Crippen LogP) is 11.0. The maximum atomic E-state index is 2.56. The normalized spacial score (nSPS) is 12.9. The van der Waals surface area contributed by atoms with Crippen LogP contribution in [-0.4, -0.2) is 15.8 Å².